The maximum atomic E-state index is 12.7. The number of allylic oxidation sites excluding steroid dienone is 2. The van der Waals surface area contributed by atoms with Gasteiger partial charge in [-0.05, 0) is 59.7 Å². The summed E-state index contributed by atoms with van der Waals surface area (Å²) in [5, 5.41) is 0. The van der Waals surface area contributed by atoms with Crippen molar-refractivity contribution in [3.63, 3.8) is 0 Å². The van der Waals surface area contributed by atoms with E-state index in [1.165, 1.54) is 48.6 Å². The molecule has 0 aromatic heterocycles. The van der Waals surface area contributed by atoms with Crippen molar-refractivity contribution in [3.8, 4) is 0 Å². The molecule has 2 nitrogen and oxygen atoms in total. The number of hydrogen-bond acceptors (Lipinski definition) is 2. The van der Waals surface area contributed by atoms with Gasteiger partial charge in [-0.15, -0.1) is 0 Å². The summed E-state index contributed by atoms with van der Waals surface area (Å²) in [5.74, 6) is -0.811. The highest BCUT2D eigenvalue weighted by Gasteiger charge is 2.01. The molecule has 4 aromatic rings. The Morgan fingerprint density at radius 1 is 0.471 bits per heavy atom. The first-order valence-corrected chi connectivity index (χ1v) is 10.6. The van der Waals surface area contributed by atoms with Crippen LogP contribution in [0.2, 0.25) is 0 Å². The van der Waals surface area contributed by atoms with E-state index in [9.17, 15) is 18.4 Å². The van der Waals surface area contributed by atoms with Crippen molar-refractivity contribution in [3.05, 3.63) is 155 Å². The number of rotatable bonds is 6. The second-order valence-electron chi connectivity index (χ2n) is 7.23. The molecule has 0 unspecified atom stereocenters. The Labute approximate surface area is 197 Å². The Balaban J connectivity index is 0.000000191. The van der Waals surface area contributed by atoms with Gasteiger partial charge in [0.2, 0.25) is 0 Å². The van der Waals surface area contributed by atoms with Crippen LogP contribution in [0.4, 0.5) is 8.78 Å². The van der Waals surface area contributed by atoms with Crippen molar-refractivity contribution >= 4 is 23.7 Å². The summed E-state index contributed by atoms with van der Waals surface area (Å²) in [4.78, 5) is 23.4. The number of halogens is 2. The molecule has 0 amide bonds. The number of carbonyl (C=O) groups is 2. The van der Waals surface area contributed by atoms with Crippen LogP contribution in [-0.4, -0.2) is 11.6 Å². The molecule has 168 valence electrons. The average Bonchev–Trinajstić information content (AvgIpc) is 2.89. The third kappa shape index (κ3) is 7.92. The first-order valence-electron chi connectivity index (χ1n) is 10.6. The first kappa shape index (κ1) is 24.2. The molecule has 0 saturated heterocycles. The second kappa shape index (κ2) is 12.6. The number of ketones is 2. The van der Waals surface area contributed by atoms with E-state index in [2.05, 4.69) is 0 Å². The summed E-state index contributed by atoms with van der Waals surface area (Å²) in [5.41, 5.74) is 2.89. The van der Waals surface area contributed by atoms with E-state index in [0.29, 0.717) is 11.1 Å². The van der Waals surface area contributed by atoms with Gasteiger partial charge in [0.1, 0.15) is 11.6 Å². The fourth-order valence-corrected chi connectivity index (χ4v) is 2.89. The van der Waals surface area contributed by atoms with Crippen LogP contribution in [0.1, 0.15) is 31.8 Å². The maximum absolute atomic E-state index is 12.7. The van der Waals surface area contributed by atoms with E-state index in [0.717, 1.165) is 11.1 Å². The minimum absolute atomic E-state index is 0.0603. The zero-order chi connectivity index (χ0) is 24.2. The van der Waals surface area contributed by atoms with Gasteiger partial charge in [-0.2, -0.15) is 0 Å². The molecule has 0 spiro atoms. The van der Waals surface area contributed by atoms with Crippen molar-refractivity contribution in [2.24, 2.45) is 0 Å². The van der Waals surface area contributed by atoms with E-state index in [4.69, 9.17) is 0 Å². The largest absolute Gasteiger partial charge is 0.289 e. The fourth-order valence-electron chi connectivity index (χ4n) is 2.89. The van der Waals surface area contributed by atoms with Gasteiger partial charge in [0.15, 0.2) is 11.6 Å². The molecule has 4 rings (SSSR count). The number of hydrogen-bond donors (Lipinski definition) is 0. The normalized spacial score (nSPS) is 10.6. The average molecular weight is 453 g/mol. The van der Waals surface area contributed by atoms with Gasteiger partial charge in [0.05, 0.1) is 0 Å². The van der Waals surface area contributed by atoms with Crippen molar-refractivity contribution in [1.29, 1.82) is 0 Å². The first-order chi connectivity index (χ1) is 16.5. The molecule has 0 atom stereocenters. The Hall–Kier alpha value is -4.44. The summed E-state index contributed by atoms with van der Waals surface area (Å²) in [6.07, 6.45) is 6.39. The van der Waals surface area contributed by atoms with Crippen LogP contribution in [0.25, 0.3) is 12.2 Å². The lowest BCUT2D eigenvalue weighted by molar-refractivity contribution is 0.103. The zero-order valence-electron chi connectivity index (χ0n) is 18.3. The molecular weight excluding hydrogens is 430 g/mol. The summed E-state index contributed by atoms with van der Waals surface area (Å²) in [7, 11) is 0. The second-order valence-corrected chi connectivity index (χ2v) is 7.23. The Morgan fingerprint density at radius 3 is 1.35 bits per heavy atom. The van der Waals surface area contributed by atoms with Crippen molar-refractivity contribution in [2.75, 3.05) is 0 Å². The molecule has 0 aliphatic rings. The van der Waals surface area contributed by atoms with E-state index in [1.54, 1.807) is 36.4 Å². The van der Waals surface area contributed by atoms with Gasteiger partial charge in [0, 0.05) is 11.1 Å². The summed E-state index contributed by atoms with van der Waals surface area (Å²) in [6, 6.07) is 30.1. The van der Waals surface area contributed by atoms with Crippen molar-refractivity contribution in [1.82, 2.24) is 0 Å². The van der Waals surface area contributed by atoms with Crippen molar-refractivity contribution < 1.29 is 18.4 Å². The minimum Gasteiger partial charge on any atom is -0.289 e. The number of carbonyl (C=O) groups excluding carboxylic acids is 2. The molecule has 0 fully saturated rings. The topological polar surface area (TPSA) is 34.1 Å². The lowest BCUT2D eigenvalue weighted by Crippen LogP contribution is -1.93. The highest BCUT2D eigenvalue weighted by molar-refractivity contribution is 6.07. The van der Waals surface area contributed by atoms with Gasteiger partial charge >= 0.3 is 0 Å². The van der Waals surface area contributed by atoms with Crippen LogP contribution >= 0.6 is 0 Å². The van der Waals surface area contributed by atoms with E-state index in [1.807, 2.05) is 48.5 Å². The summed E-state index contributed by atoms with van der Waals surface area (Å²) in [6.45, 7) is 0. The third-order valence-electron chi connectivity index (χ3n) is 4.71. The van der Waals surface area contributed by atoms with E-state index >= 15 is 0 Å². The predicted octanol–water partition coefficient (Wildman–Crippen LogP) is 7.44. The van der Waals surface area contributed by atoms with E-state index in [-0.39, 0.29) is 23.2 Å². The highest BCUT2D eigenvalue weighted by atomic mass is 19.1. The minimum atomic E-state index is -0.339. The summed E-state index contributed by atoms with van der Waals surface area (Å²) < 4.78 is 25.3. The van der Waals surface area contributed by atoms with Crippen LogP contribution in [0.3, 0.4) is 0 Å². The van der Waals surface area contributed by atoms with Crippen LogP contribution in [-0.2, 0) is 0 Å². The lowest BCUT2D eigenvalue weighted by Gasteiger charge is -1.95. The molecule has 0 N–H and O–H groups in total. The monoisotopic (exact) mass is 452 g/mol. The zero-order valence-corrected chi connectivity index (χ0v) is 18.3. The maximum Gasteiger partial charge on any atom is 0.185 e. The van der Waals surface area contributed by atoms with Crippen LogP contribution in [0, 0.1) is 11.6 Å². The third-order valence-corrected chi connectivity index (χ3v) is 4.71. The molecule has 0 bridgehead atoms. The highest BCUT2D eigenvalue weighted by Crippen LogP contribution is 2.08. The molecule has 34 heavy (non-hydrogen) atoms. The molecule has 4 aromatic carbocycles. The van der Waals surface area contributed by atoms with E-state index < -0.39 is 0 Å². The molecule has 0 saturated carbocycles. The van der Waals surface area contributed by atoms with Crippen molar-refractivity contribution in [2.45, 2.75) is 0 Å². The van der Waals surface area contributed by atoms with Gasteiger partial charge in [-0.3, -0.25) is 9.59 Å². The van der Waals surface area contributed by atoms with Gasteiger partial charge in [-0.25, -0.2) is 8.78 Å². The molecular formula is C30H22F2O2. The molecule has 4 heteroatoms. The van der Waals surface area contributed by atoms with Gasteiger partial charge < -0.3 is 0 Å². The molecule has 0 radical (unpaired) electrons. The van der Waals surface area contributed by atoms with Crippen LogP contribution in [0.15, 0.2) is 121 Å². The quantitative estimate of drug-likeness (QED) is 0.225. The standard InChI is InChI=1S/2C15H11FO/c16-14-9-7-13(8-10-14)15(17)11-6-12-4-2-1-3-5-12;16-14-9-6-12(7-10-14)8-11-15(17)13-4-2-1-3-5-13/h2*1-11H. The predicted molar refractivity (Wildman–Crippen MR) is 132 cm³/mol. The number of benzene rings is 4. The fraction of sp³-hybridized carbons (Fsp3) is 0. The molecule has 0 heterocycles. The molecule has 0 aliphatic carbocycles. The smallest absolute Gasteiger partial charge is 0.185 e. The SMILES string of the molecule is O=C(C=Cc1ccc(F)cc1)c1ccccc1.O=C(C=Cc1ccccc1)c1ccc(F)cc1. The summed E-state index contributed by atoms with van der Waals surface area (Å²) >= 11 is 0. The lowest BCUT2D eigenvalue weighted by atomic mass is 10.1. The Kier molecular flexibility index (Phi) is 8.94. The van der Waals surface area contributed by atoms with Gasteiger partial charge in [0.25, 0.3) is 0 Å². The van der Waals surface area contributed by atoms with Crippen LogP contribution < -0.4 is 0 Å². The molecule has 0 aliphatic heterocycles. The van der Waals surface area contributed by atoms with Crippen LogP contribution in [0.5, 0.6) is 0 Å². The van der Waals surface area contributed by atoms with Gasteiger partial charge in [-0.1, -0.05) is 84.9 Å². The Bertz CT molecular complexity index is 1260. The Morgan fingerprint density at radius 2 is 0.853 bits per heavy atom.